The van der Waals surface area contributed by atoms with Crippen molar-refractivity contribution < 1.29 is 33.0 Å². The van der Waals surface area contributed by atoms with E-state index >= 15 is 0 Å². The molecule has 0 spiro atoms. The standard InChI is InChI=1S/C21H30F2O5/c22-21(23,18(24)25)17(16-4-2-1-3-5-16)28-19(26)20-8-13-6-14(9-20)11-27-12-15(7-13)10-20/h13-17H,1-12H2,(H,24,25). The van der Waals surface area contributed by atoms with Crippen LogP contribution in [-0.4, -0.2) is 42.3 Å². The summed E-state index contributed by atoms with van der Waals surface area (Å²) in [5, 5.41) is 9.11. The first-order chi connectivity index (χ1) is 13.3. The third-order valence-corrected chi connectivity index (χ3v) is 7.47. The van der Waals surface area contributed by atoms with Gasteiger partial charge < -0.3 is 14.6 Å². The summed E-state index contributed by atoms with van der Waals surface area (Å²) < 4.78 is 40.4. The SMILES string of the molecule is O=C(OC(C1CCCCC1)C(F)(F)C(=O)O)C12CC3COCC(CC(C3)C1)C2. The van der Waals surface area contributed by atoms with E-state index in [1.54, 1.807) is 0 Å². The number of rotatable bonds is 5. The molecule has 2 aliphatic heterocycles. The summed E-state index contributed by atoms with van der Waals surface area (Å²) >= 11 is 0. The number of carboxylic acids is 1. The van der Waals surface area contributed by atoms with Gasteiger partial charge in [0.25, 0.3) is 0 Å². The summed E-state index contributed by atoms with van der Waals surface area (Å²) in [6.45, 7) is 1.22. The average Bonchev–Trinajstić information content (AvgIpc) is 2.64. The minimum atomic E-state index is -4.06. The monoisotopic (exact) mass is 400 g/mol. The molecule has 0 radical (unpaired) electrons. The second-order valence-corrected chi connectivity index (χ2v) is 9.65. The number of alkyl halides is 2. The normalized spacial score (nSPS) is 37.1. The van der Waals surface area contributed by atoms with E-state index in [1.807, 2.05) is 0 Å². The highest BCUT2D eigenvalue weighted by Crippen LogP contribution is 2.55. The zero-order chi connectivity index (χ0) is 19.9. The molecule has 28 heavy (non-hydrogen) atoms. The number of carbonyl (C=O) groups is 2. The fourth-order valence-electron chi connectivity index (χ4n) is 6.45. The van der Waals surface area contributed by atoms with Crippen LogP contribution in [0.1, 0.15) is 64.2 Å². The highest BCUT2D eigenvalue weighted by atomic mass is 19.3. The van der Waals surface area contributed by atoms with Crippen LogP contribution in [0.3, 0.4) is 0 Å². The molecule has 0 aromatic rings. The van der Waals surface area contributed by atoms with Gasteiger partial charge in [0.05, 0.1) is 5.41 Å². The van der Waals surface area contributed by atoms with Crippen molar-refractivity contribution in [3.8, 4) is 0 Å². The number of fused-ring (bicyclic) bond motifs is 2. The van der Waals surface area contributed by atoms with Crippen molar-refractivity contribution in [2.24, 2.45) is 29.1 Å². The Hall–Kier alpha value is -1.24. The molecular weight excluding hydrogens is 370 g/mol. The van der Waals surface area contributed by atoms with Crippen LogP contribution in [0.5, 0.6) is 0 Å². The van der Waals surface area contributed by atoms with Gasteiger partial charge in [-0.05, 0) is 62.7 Å². The van der Waals surface area contributed by atoms with E-state index in [-0.39, 0.29) is 11.8 Å². The Morgan fingerprint density at radius 3 is 2.14 bits per heavy atom. The summed E-state index contributed by atoms with van der Waals surface area (Å²) in [4.78, 5) is 24.6. The zero-order valence-electron chi connectivity index (χ0n) is 16.2. The molecule has 5 aliphatic rings. The van der Waals surface area contributed by atoms with E-state index in [0.29, 0.717) is 51.2 Å². The first kappa shape index (κ1) is 20.0. The maximum atomic E-state index is 14.6. The van der Waals surface area contributed by atoms with Gasteiger partial charge in [-0.1, -0.05) is 19.3 Å². The number of ether oxygens (including phenoxy) is 2. The molecule has 4 bridgehead atoms. The molecule has 2 heterocycles. The van der Waals surface area contributed by atoms with E-state index < -0.39 is 35.3 Å². The molecule has 0 aromatic carbocycles. The van der Waals surface area contributed by atoms with Crippen molar-refractivity contribution in [3.05, 3.63) is 0 Å². The van der Waals surface area contributed by atoms with Gasteiger partial charge in [0.15, 0.2) is 6.10 Å². The summed E-state index contributed by atoms with van der Waals surface area (Å²) in [7, 11) is 0. The quantitative estimate of drug-likeness (QED) is 0.705. The lowest BCUT2D eigenvalue weighted by Crippen LogP contribution is -2.54. The molecule has 0 aromatic heterocycles. The first-order valence-corrected chi connectivity index (χ1v) is 10.7. The molecule has 3 unspecified atom stereocenters. The Morgan fingerprint density at radius 2 is 1.57 bits per heavy atom. The largest absolute Gasteiger partial charge is 0.477 e. The predicted molar refractivity (Wildman–Crippen MR) is 95.8 cm³/mol. The Labute approximate surface area is 164 Å². The lowest BCUT2D eigenvalue weighted by atomic mass is 9.56. The molecule has 5 nitrogen and oxygen atoms in total. The summed E-state index contributed by atoms with van der Waals surface area (Å²) in [6, 6.07) is 0. The summed E-state index contributed by atoms with van der Waals surface area (Å²) in [5.74, 6) is -6.54. The molecule has 0 amide bonds. The number of aliphatic carboxylic acids is 1. The van der Waals surface area contributed by atoms with Crippen LogP contribution < -0.4 is 0 Å². The molecular formula is C21H30F2O5. The predicted octanol–water partition coefficient (Wildman–Crippen LogP) is 4.04. The second kappa shape index (κ2) is 7.54. The third kappa shape index (κ3) is 3.66. The molecule has 3 aliphatic carbocycles. The molecule has 5 rings (SSSR count). The molecule has 5 fully saturated rings. The molecule has 158 valence electrons. The maximum Gasteiger partial charge on any atom is 0.378 e. The van der Waals surface area contributed by atoms with Gasteiger partial charge in [-0.3, -0.25) is 4.79 Å². The van der Waals surface area contributed by atoms with Crippen LogP contribution in [-0.2, 0) is 19.1 Å². The van der Waals surface area contributed by atoms with Gasteiger partial charge in [-0.25, -0.2) is 4.79 Å². The van der Waals surface area contributed by atoms with Gasteiger partial charge in [-0.2, -0.15) is 8.78 Å². The van der Waals surface area contributed by atoms with Gasteiger partial charge >= 0.3 is 17.9 Å². The number of carboxylic acid groups (broad SMARTS) is 1. The van der Waals surface area contributed by atoms with Gasteiger partial charge in [0.2, 0.25) is 0 Å². The minimum Gasteiger partial charge on any atom is -0.477 e. The average molecular weight is 400 g/mol. The van der Waals surface area contributed by atoms with E-state index in [9.17, 15) is 18.4 Å². The molecule has 1 N–H and O–H groups in total. The first-order valence-electron chi connectivity index (χ1n) is 10.7. The fourth-order valence-corrected chi connectivity index (χ4v) is 6.45. The molecule has 2 saturated heterocycles. The van der Waals surface area contributed by atoms with Gasteiger partial charge in [0, 0.05) is 19.1 Å². The third-order valence-electron chi connectivity index (χ3n) is 7.47. The Balaban J connectivity index is 1.57. The van der Waals surface area contributed by atoms with Crippen LogP contribution >= 0.6 is 0 Å². The lowest BCUT2D eigenvalue weighted by molar-refractivity contribution is -0.213. The van der Waals surface area contributed by atoms with Crippen molar-refractivity contribution in [2.75, 3.05) is 13.2 Å². The summed E-state index contributed by atoms with van der Waals surface area (Å²) in [5.41, 5.74) is -0.748. The van der Waals surface area contributed by atoms with E-state index in [0.717, 1.165) is 32.1 Å². The number of esters is 1. The second-order valence-electron chi connectivity index (χ2n) is 9.65. The molecule has 7 heteroatoms. The van der Waals surface area contributed by atoms with Crippen LogP contribution in [0.4, 0.5) is 8.78 Å². The van der Waals surface area contributed by atoms with Crippen LogP contribution in [0.2, 0.25) is 0 Å². The van der Waals surface area contributed by atoms with E-state index in [1.165, 1.54) is 0 Å². The van der Waals surface area contributed by atoms with Crippen LogP contribution in [0, 0.1) is 29.1 Å². The summed E-state index contributed by atoms with van der Waals surface area (Å²) in [6.07, 6.45) is 5.50. The highest BCUT2D eigenvalue weighted by molar-refractivity contribution is 5.80. The smallest absolute Gasteiger partial charge is 0.378 e. The molecule has 3 saturated carbocycles. The van der Waals surface area contributed by atoms with Crippen LogP contribution in [0.25, 0.3) is 0 Å². The minimum absolute atomic E-state index is 0.251. The fraction of sp³-hybridized carbons (Fsp3) is 0.905. The van der Waals surface area contributed by atoms with Crippen molar-refractivity contribution in [1.29, 1.82) is 0 Å². The van der Waals surface area contributed by atoms with Gasteiger partial charge in [0.1, 0.15) is 0 Å². The Kier molecular flexibility index (Phi) is 5.40. The van der Waals surface area contributed by atoms with Crippen molar-refractivity contribution in [1.82, 2.24) is 0 Å². The number of hydrogen-bond acceptors (Lipinski definition) is 4. The van der Waals surface area contributed by atoms with E-state index in [4.69, 9.17) is 14.6 Å². The Morgan fingerprint density at radius 1 is 1.00 bits per heavy atom. The van der Waals surface area contributed by atoms with Crippen molar-refractivity contribution in [3.63, 3.8) is 0 Å². The van der Waals surface area contributed by atoms with Crippen molar-refractivity contribution in [2.45, 2.75) is 76.2 Å². The van der Waals surface area contributed by atoms with Crippen molar-refractivity contribution >= 4 is 11.9 Å². The number of hydrogen-bond donors (Lipinski definition) is 1. The van der Waals surface area contributed by atoms with Gasteiger partial charge in [-0.15, -0.1) is 0 Å². The number of halogens is 2. The maximum absolute atomic E-state index is 14.6. The highest BCUT2D eigenvalue weighted by Gasteiger charge is 2.58. The van der Waals surface area contributed by atoms with Crippen LogP contribution in [0.15, 0.2) is 0 Å². The topological polar surface area (TPSA) is 72.8 Å². The lowest BCUT2D eigenvalue weighted by Gasteiger charge is -2.51. The Bertz CT molecular complexity index is 600. The zero-order valence-corrected chi connectivity index (χ0v) is 16.2. The molecule has 3 atom stereocenters. The van der Waals surface area contributed by atoms with E-state index in [2.05, 4.69) is 0 Å². The number of carbonyl (C=O) groups excluding carboxylic acids is 1.